The van der Waals surface area contributed by atoms with Crippen LogP contribution in [0.4, 0.5) is 5.69 Å². The van der Waals surface area contributed by atoms with Crippen LogP contribution in [0.25, 0.3) is 0 Å². The Labute approximate surface area is 136 Å². The Morgan fingerprint density at radius 3 is 2.50 bits per heavy atom. The molecule has 0 spiro atoms. The zero-order chi connectivity index (χ0) is 16.3. The number of hydrogen-bond donors (Lipinski definition) is 2. The molecule has 0 radical (unpaired) electrons. The number of piperazine rings is 1. The first-order chi connectivity index (χ1) is 10.4. The summed E-state index contributed by atoms with van der Waals surface area (Å²) >= 11 is 6.00. The van der Waals surface area contributed by atoms with Crippen molar-refractivity contribution in [1.82, 2.24) is 15.3 Å². The van der Waals surface area contributed by atoms with Gasteiger partial charge in [-0.25, -0.2) is 5.01 Å². The normalized spacial score (nSPS) is 16.8. The second-order valence-electron chi connectivity index (χ2n) is 5.63. The lowest BCUT2D eigenvalue weighted by atomic mass is 10.1. The SMILES string of the molecule is COc1cc(N)c(Cl)cc1C(=O)NN1CCN(C(C)C)CC1. The lowest BCUT2D eigenvalue weighted by Gasteiger charge is -2.36. The summed E-state index contributed by atoms with van der Waals surface area (Å²) in [5.41, 5.74) is 9.41. The molecule has 1 aliphatic heterocycles. The Morgan fingerprint density at radius 2 is 1.95 bits per heavy atom. The molecule has 122 valence electrons. The summed E-state index contributed by atoms with van der Waals surface area (Å²) in [6.07, 6.45) is 0. The zero-order valence-electron chi connectivity index (χ0n) is 13.2. The third-order valence-electron chi connectivity index (χ3n) is 3.87. The van der Waals surface area contributed by atoms with Gasteiger partial charge in [0.1, 0.15) is 5.75 Å². The van der Waals surface area contributed by atoms with Crippen molar-refractivity contribution in [2.24, 2.45) is 0 Å². The Balaban J connectivity index is 2.03. The van der Waals surface area contributed by atoms with E-state index in [9.17, 15) is 4.79 Å². The molecule has 0 saturated carbocycles. The molecule has 1 saturated heterocycles. The van der Waals surface area contributed by atoms with Gasteiger partial charge >= 0.3 is 0 Å². The molecule has 1 heterocycles. The standard InChI is InChI=1S/C15H23ClN4O2/c1-10(2)19-4-6-20(7-5-19)18-15(21)11-8-12(16)13(17)9-14(11)22-3/h8-10H,4-7,17H2,1-3H3,(H,18,21). The van der Waals surface area contributed by atoms with Crippen LogP contribution in [0.15, 0.2) is 12.1 Å². The van der Waals surface area contributed by atoms with Crippen molar-refractivity contribution in [3.8, 4) is 5.75 Å². The molecule has 3 N–H and O–H groups in total. The quantitative estimate of drug-likeness (QED) is 0.822. The van der Waals surface area contributed by atoms with Crippen LogP contribution in [-0.2, 0) is 0 Å². The highest BCUT2D eigenvalue weighted by Gasteiger charge is 2.22. The number of methoxy groups -OCH3 is 1. The minimum Gasteiger partial charge on any atom is -0.496 e. The van der Waals surface area contributed by atoms with Crippen molar-refractivity contribution in [2.45, 2.75) is 19.9 Å². The van der Waals surface area contributed by atoms with Crippen LogP contribution in [-0.4, -0.2) is 55.1 Å². The predicted molar refractivity (Wildman–Crippen MR) is 88.2 cm³/mol. The Morgan fingerprint density at radius 1 is 1.32 bits per heavy atom. The van der Waals surface area contributed by atoms with Gasteiger partial charge < -0.3 is 10.5 Å². The van der Waals surface area contributed by atoms with Gasteiger partial charge in [-0.3, -0.25) is 15.1 Å². The molecule has 1 aromatic rings. The van der Waals surface area contributed by atoms with Gasteiger partial charge in [0.25, 0.3) is 5.91 Å². The first-order valence-electron chi connectivity index (χ1n) is 7.35. The van der Waals surface area contributed by atoms with E-state index in [2.05, 4.69) is 24.2 Å². The number of hydrazine groups is 1. The van der Waals surface area contributed by atoms with Crippen LogP contribution < -0.4 is 15.9 Å². The van der Waals surface area contributed by atoms with E-state index < -0.39 is 0 Å². The summed E-state index contributed by atoms with van der Waals surface area (Å²) in [5, 5.41) is 2.26. The smallest absolute Gasteiger partial charge is 0.269 e. The summed E-state index contributed by atoms with van der Waals surface area (Å²) in [6.45, 7) is 7.78. The minimum atomic E-state index is -0.239. The number of nitrogens with two attached hydrogens (primary N) is 1. The van der Waals surface area contributed by atoms with Gasteiger partial charge in [-0.1, -0.05) is 11.6 Å². The fraction of sp³-hybridized carbons (Fsp3) is 0.533. The lowest BCUT2D eigenvalue weighted by Crippen LogP contribution is -2.54. The summed E-state index contributed by atoms with van der Waals surface area (Å²) in [7, 11) is 1.50. The highest BCUT2D eigenvalue weighted by molar-refractivity contribution is 6.33. The Hall–Kier alpha value is -1.50. The van der Waals surface area contributed by atoms with Crippen molar-refractivity contribution < 1.29 is 9.53 Å². The van der Waals surface area contributed by atoms with Crippen LogP contribution in [0, 0.1) is 0 Å². The molecule has 0 aromatic heterocycles. The van der Waals surface area contributed by atoms with Gasteiger partial charge in [0.05, 0.1) is 23.4 Å². The molecule has 0 unspecified atom stereocenters. The van der Waals surface area contributed by atoms with E-state index in [0.29, 0.717) is 28.1 Å². The second-order valence-corrected chi connectivity index (χ2v) is 6.04. The molecular formula is C15H23ClN4O2. The fourth-order valence-corrected chi connectivity index (χ4v) is 2.63. The van der Waals surface area contributed by atoms with Gasteiger partial charge in [-0.05, 0) is 19.9 Å². The van der Waals surface area contributed by atoms with Crippen LogP contribution in [0.2, 0.25) is 5.02 Å². The Bertz CT molecular complexity index is 543. The van der Waals surface area contributed by atoms with Crippen molar-refractivity contribution in [1.29, 1.82) is 0 Å². The van der Waals surface area contributed by atoms with Crippen LogP contribution in [0.3, 0.4) is 0 Å². The number of hydrogen-bond acceptors (Lipinski definition) is 5. The number of nitrogen functional groups attached to an aromatic ring is 1. The van der Waals surface area contributed by atoms with E-state index in [1.807, 2.05) is 5.01 Å². The number of carbonyl (C=O) groups is 1. The van der Waals surface area contributed by atoms with Gasteiger partial charge in [-0.2, -0.15) is 0 Å². The van der Waals surface area contributed by atoms with Crippen LogP contribution in [0.1, 0.15) is 24.2 Å². The topological polar surface area (TPSA) is 70.8 Å². The predicted octanol–water partition coefficient (Wildman–Crippen LogP) is 1.60. The largest absolute Gasteiger partial charge is 0.496 e. The monoisotopic (exact) mass is 326 g/mol. The number of nitrogens with one attached hydrogen (secondary N) is 1. The number of amides is 1. The maximum absolute atomic E-state index is 12.4. The van der Waals surface area contributed by atoms with Gasteiger partial charge in [0.15, 0.2) is 0 Å². The van der Waals surface area contributed by atoms with Gasteiger partial charge in [-0.15, -0.1) is 0 Å². The van der Waals surface area contributed by atoms with E-state index in [1.54, 1.807) is 6.07 Å². The van der Waals surface area contributed by atoms with Crippen LogP contribution >= 0.6 is 11.6 Å². The van der Waals surface area contributed by atoms with E-state index in [-0.39, 0.29) is 5.91 Å². The average Bonchev–Trinajstić information content (AvgIpc) is 2.50. The number of halogens is 1. The van der Waals surface area contributed by atoms with E-state index in [0.717, 1.165) is 26.2 Å². The second kappa shape index (κ2) is 7.17. The number of benzene rings is 1. The van der Waals surface area contributed by atoms with Crippen LogP contribution in [0.5, 0.6) is 5.75 Å². The first-order valence-corrected chi connectivity index (χ1v) is 7.73. The Kier molecular flexibility index (Phi) is 5.50. The molecule has 7 heteroatoms. The summed E-state index contributed by atoms with van der Waals surface area (Å²) < 4.78 is 5.21. The molecule has 0 bridgehead atoms. The highest BCUT2D eigenvalue weighted by Crippen LogP contribution is 2.28. The summed E-state index contributed by atoms with van der Waals surface area (Å²) in [6, 6.07) is 3.62. The van der Waals surface area contributed by atoms with Crippen molar-refractivity contribution >= 4 is 23.2 Å². The first kappa shape index (κ1) is 16.9. The molecular weight excluding hydrogens is 304 g/mol. The summed E-state index contributed by atoms with van der Waals surface area (Å²) in [5.74, 6) is 0.178. The number of nitrogens with zero attached hydrogens (tertiary/aromatic N) is 2. The van der Waals surface area contributed by atoms with Gasteiger partial charge in [0, 0.05) is 38.3 Å². The molecule has 2 rings (SSSR count). The number of anilines is 1. The molecule has 22 heavy (non-hydrogen) atoms. The molecule has 1 amide bonds. The fourth-order valence-electron chi connectivity index (χ4n) is 2.47. The molecule has 0 aliphatic carbocycles. The van der Waals surface area contributed by atoms with Crippen molar-refractivity contribution in [2.75, 3.05) is 39.0 Å². The van der Waals surface area contributed by atoms with Gasteiger partial charge in [0.2, 0.25) is 0 Å². The van der Waals surface area contributed by atoms with Crippen molar-refractivity contribution in [3.05, 3.63) is 22.7 Å². The molecule has 0 atom stereocenters. The molecule has 1 aromatic carbocycles. The van der Waals surface area contributed by atoms with E-state index >= 15 is 0 Å². The summed E-state index contributed by atoms with van der Waals surface area (Å²) in [4.78, 5) is 14.8. The number of rotatable bonds is 4. The lowest BCUT2D eigenvalue weighted by molar-refractivity contribution is 0.0551. The van der Waals surface area contributed by atoms with E-state index in [4.69, 9.17) is 22.1 Å². The maximum atomic E-state index is 12.4. The third kappa shape index (κ3) is 3.82. The molecule has 6 nitrogen and oxygen atoms in total. The minimum absolute atomic E-state index is 0.239. The average molecular weight is 327 g/mol. The highest BCUT2D eigenvalue weighted by atomic mass is 35.5. The molecule has 1 aliphatic rings. The molecule has 1 fully saturated rings. The number of ether oxygens (including phenoxy) is 1. The van der Waals surface area contributed by atoms with E-state index in [1.165, 1.54) is 13.2 Å². The zero-order valence-corrected chi connectivity index (χ0v) is 14.0. The number of carbonyl (C=O) groups excluding carboxylic acids is 1. The maximum Gasteiger partial charge on any atom is 0.269 e. The third-order valence-corrected chi connectivity index (χ3v) is 4.19. The van der Waals surface area contributed by atoms with Crippen molar-refractivity contribution in [3.63, 3.8) is 0 Å².